The number of aliphatic hydroxyl groups is 2. The van der Waals surface area contributed by atoms with E-state index in [-0.39, 0.29) is 28.5 Å². The van der Waals surface area contributed by atoms with Crippen LogP contribution in [0, 0.1) is 34.0 Å². The summed E-state index contributed by atoms with van der Waals surface area (Å²) in [6.07, 6.45) is 7.53. The summed E-state index contributed by atoms with van der Waals surface area (Å²) in [5.74, 6) is 1.75. The molecule has 7 atom stereocenters. The summed E-state index contributed by atoms with van der Waals surface area (Å²) in [5, 5.41) is 21.5. The molecule has 4 aliphatic rings. The van der Waals surface area contributed by atoms with Crippen molar-refractivity contribution in [1.82, 2.24) is 0 Å². The SMILES string of the molecule is C=C1[C@@H]2CC[C@H]3[C@]4(C)CC[C@@H](O)C(C)(C)[C@H]4CC[C@]3(C2)[C@H]1O. The van der Waals surface area contributed by atoms with Gasteiger partial charge in [0.25, 0.3) is 0 Å². The van der Waals surface area contributed by atoms with Crippen molar-refractivity contribution < 1.29 is 10.2 Å². The summed E-state index contributed by atoms with van der Waals surface area (Å²) in [6, 6.07) is 0. The molecule has 2 heteroatoms. The second kappa shape index (κ2) is 4.39. The van der Waals surface area contributed by atoms with Gasteiger partial charge in [-0.1, -0.05) is 27.4 Å². The van der Waals surface area contributed by atoms with Crippen molar-refractivity contribution in [2.75, 3.05) is 0 Å². The van der Waals surface area contributed by atoms with E-state index < -0.39 is 0 Å². The Kier molecular flexibility index (Phi) is 3.03. The molecule has 4 fully saturated rings. The van der Waals surface area contributed by atoms with Gasteiger partial charge in [0.05, 0.1) is 12.2 Å². The molecule has 1 spiro atoms. The van der Waals surface area contributed by atoms with E-state index in [9.17, 15) is 10.2 Å². The van der Waals surface area contributed by atoms with E-state index in [1.54, 1.807) is 0 Å². The smallest absolute Gasteiger partial charge is 0.0809 e. The first-order valence-corrected chi connectivity index (χ1v) is 9.28. The number of hydrogen-bond donors (Lipinski definition) is 2. The van der Waals surface area contributed by atoms with Crippen LogP contribution >= 0.6 is 0 Å². The van der Waals surface area contributed by atoms with Crippen LogP contribution in [0.1, 0.15) is 65.7 Å². The third kappa shape index (κ3) is 1.59. The van der Waals surface area contributed by atoms with Crippen LogP contribution in [0.2, 0.25) is 0 Å². The average molecular weight is 304 g/mol. The molecule has 0 heterocycles. The first-order chi connectivity index (χ1) is 10.2. The lowest BCUT2D eigenvalue weighted by Gasteiger charge is -2.65. The van der Waals surface area contributed by atoms with Crippen molar-refractivity contribution in [3.8, 4) is 0 Å². The zero-order valence-electron chi connectivity index (χ0n) is 14.4. The number of aliphatic hydroxyl groups excluding tert-OH is 2. The molecule has 0 amide bonds. The molecule has 0 aromatic heterocycles. The summed E-state index contributed by atoms with van der Waals surface area (Å²) in [7, 11) is 0. The molecule has 0 radical (unpaired) electrons. The number of rotatable bonds is 0. The molecule has 4 saturated carbocycles. The third-order valence-electron chi connectivity index (χ3n) is 8.75. The Balaban J connectivity index is 1.77. The van der Waals surface area contributed by atoms with Crippen LogP contribution in [-0.2, 0) is 0 Å². The van der Waals surface area contributed by atoms with Crippen molar-refractivity contribution in [3.05, 3.63) is 12.2 Å². The van der Waals surface area contributed by atoms with E-state index in [1.165, 1.54) is 19.3 Å². The minimum absolute atomic E-state index is 0.00598. The van der Waals surface area contributed by atoms with Crippen LogP contribution in [0.5, 0.6) is 0 Å². The van der Waals surface area contributed by atoms with Crippen LogP contribution < -0.4 is 0 Å². The van der Waals surface area contributed by atoms with Gasteiger partial charge in [-0.05, 0) is 79.1 Å². The largest absolute Gasteiger partial charge is 0.393 e. The highest BCUT2D eigenvalue weighted by Crippen LogP contribution is 2.71. The number of hydrogen-bond acceptors (Lipinski definition) is 2. The minimum atomic E-state index is -0.280. The summed E-state index contributed by atoms with van der Waals surface area (Å²) in [6.45, 7) is 11.3. The lowest BCUT2D eigenvalue weighted by molar-refractivity contribution is -0.195. The van der Waals surface area contributed by atoms with Crippen molar-refractivity contribution in [3.63, 3.8) is 0 Å². The monoisotopic (exact) mass is 304 g/mol. The van der Waals surface area contributed by atoms with E-state index in [0.29, 0.717) is 17.8 Å². The molecule has 2 nitrogen and oxygen atoms in total. The Morgan fingerprint density at radius 3 is 2.41 bits per heavy atom. The lowest BCUT2D eigenvalue weighted by Crippen LogP contribution is -2.61. The molecule has 2 N–H and O–H groups in total. The van der Waals surface area contributed by atoms with Gasteiger partial charge in [-0.15, -0.1) is 0 Å². The topological polar surface area (TPSA) is 40.5 Å². The van der Waals surface area contributed by atoms with E-state index in [0.717, 1.165) is 31.3 Å². The molecular weight excluding hydrogens is 272 g/mol. The van der Waals surface area contributed by atoms with Gasteiger partial charge in [-0.25, -0.2) is 0 Å². The maximum absolute atomic E-state index is 11.0. The van der Waals surface area contributed by atoms with Gasteiger partial charge in [-0.3, -0.25) is 0 Å². The average Bonchev–Trinajstić information content (AvgIpc) is 2.65. The van der Waals surface area contributed by atoms with E-state index in [2.05, 4.69) is 27.4 Å². The number of fused-ring (bicyclic) bond motifs is 3. The van der Waals surface area contributed by atoms with Crippen LogP contribution in [0.4, 0.5) is 0 Å². The third-order valence-corrected chi connectivity index (χ3v) is 8.75. The van der Waals surface area contributed by atoms with Crippen LogP contribution in [0.15, 0.2) is 12.2 Å². The molecule has 0 unspecified atom stereocenters. The summed E-state index contributed by atoms with van der Waals surface area (Å²) < 4.78 is 0. The Morgan fingerprint density at radius 1 is 0.955 bits per heavy atom. The van der Waals surface area contributed by atoms with E-state index in [4.69, 9.17) is 0 Å². The second-order valence-electron chi connectivity index (χ2n) is 9.71. The molecule has 124 valence electrons. The fraction of sp³-hybridized carbons (Fsp3) is 0.900. The molecule has 0 aromatic rings. The fourth-order valence-electron chi connectivity index (χ4n) is 7.58. The zero-order chi connectivity index (χ0) is 15.9. The molecule has 2 bridgehead atoms. The van der Waals surface area contributed by atoms with Gasteiger partial charge in [0.2, 0.25) is 0 Å². The van der Waals surface area contributed by atoms with E-state index >= 15 is 0 Å². The Morgan fingerprint density at radius 2 is 1.68 bits per heavy atom. The van der Waals surface area contributed by atoms with Gasteiger partial charge < -0.3 is 10.2 Å². The Hall–Kier alpha value is -0.340. The fourth-order valence-corrected chi connectivity index (χ4v) is 7.58. The van der Waals surface area contributed by atoms with Crippen molar-refractivity contribution >= 4 is 0 Å². The lowest BCUT2D eigenvalue weighted by atomic mass is 9.40. The standard InChI is InChI=1S/C20H32O2/c1-12-13-5-6-15-19(4)9-8-16(21)18(2,3)14(19)7-10-20(15,11-13)17(12)22/h13-17,21-22H,1,5-11H2,2-4H3/t13-,14-,15+,16-,17+,19-,20-/m1/s1. The van der Waals surface area contributed by atoms with Crippen LogP contribution in [0.3, 0.4) is 0 Å². The van der Waals surface area contributed by atoms with Gasteiger partial charge in [-0.2, -0.15) is 0 Å². The predicted molar refractivity (Wildman–Crippen MR) is 88.3 cm³/mol. The van der Waals surface area contributed by atoms with Crippen molar-refractivity contribution in [2.24, 2.45) is 34.0 Å². The van der Waals surface area contributed by atoms with E-state index in [1.807, 2.05) is 0 Å². The van der Waals surface area contributed by atoms with Gasteiger partial charge in [0.1, 0.15) is 0 Å². The van der Waals surface area contributed by atoms with Gasteiger partial charge >= 0.3 is 0 Å². The first-order valence-electron chi connectivity index (χ1n) is 9.28. The predicted octanol–water partition coefficient (Wildman–Crippen LogP) is 3.92. The highest BCUT2D eigenvalue weighted by atomic mass is 16.3. The van der Waals surface area contributed by atoms with Crippen LogP contribution in [0.25, 0.3) is 0 Å². The summed E-state index contributed by atoms with van der Waals surface area (Å²) in [5.41, 5.74) is 1.51. The quantitative estimate of drug-likeness (QED) is 0.666. The van der Waals surface area contributed by atoms with Gasteiger partial charge in [0.15, 0.2) is 0 Å². The normalized spacial score (nSPS) is 56.4. The highest BCUT2D eigenvalue weighted by Gasteiger charge is 2.66. The maximum Gasteiger partial charge on any atom is 0.0809 e. The molecule has 22 heavy (non-hydrogen) atoms. The van der Waals surface area contributed by atoms with Crippen molar-refractivity contribution in [1.29, 1.82) is 0 Å². The minimum Gasteiger partial charge on any atom is -0.393 e. The molecular formula is C20H32O2. The molecule has 0 saturated heterocycles. The summed E-state index contributed by atoms with van der Waals surface area (Å²) in [4.78, 5) is 0. The first kappa shape index (κ1) is 15.2. The highest BCUT2D eigenvalue weighted by molar-refractivity contribution is 5.27. The zero-order valence-corrected chi connectivity index (χ0v) is 14.4. The maximum atomic E-state index is 11.0. The second-order valence-corrected chi connectivity index (χ2v) is 9.71. The van der Waals surface area contributed by atoms with Crippen molar-refractivity contribution in [2.45, 2.75) is 77.9 Å². The molecule has 4 rings (SSSR count). The molecule has 0 aliphatic heterocycles. The van der Waals surface area contributed by atoms with Gasteiger partial charge in [0, 0.05) is 5.41 Å². The Bertz CT molecular complexity index is 510. The Labute approximate surface area is 135 Å². The van der Waals surface area contributed by atoms with Crippen LogP contribution in [-0.4, -0.2) is 22.4 Å². The molecule has 0 aromatic carbocycles. The summed E-state index contributed by atoms with van der Waals surface area (Å²) >= 11 is 0. The molecule has 4 aliphatic carbocycles.